The van der Waals surface area contributed by atoms with Crippen LogP contribution in [0.4, 0.5) is 0 Å². The fraction of sp³-hybridized carbons (Fsp3) is 0.864. The number of carbonyl (C=O) groups excluding carboxylic acids is 7. The average molecular weight is 1070 g/mol. The van der Waals surface area contributed by atoms with Gasteiger partial charge in [-0.1, -0.05) is 181 Å². The second kappa shape index (κ2) is 38.0. The zero-order valence-corrected chi connectivity index (χ0v) is 51.3. The predicted molar refractivity (Wildman–Crippen MR) is 311 cm³/mol. The van der Waals surface area contributed by atoms with Crippen molar-refractivity contribution in [2.45, 2.75) is 283 Å². The van der Waals surface area contributed by atoms with Gasteiger partial charge in [-0.15, -0.1) is 0 Å². The molecular weight excluding hydrogens is 953 g/mol. The smallest absolute Gasteiger partial charge is 0.161 e. The SMILES string of the molecule is CC(C)C(=O)C1=CC(C)C(O)C(O)C1.CC(C)C(=O)C1CC1.CC(C)C(=O)C1CCC(O)CC1.CC(C)C(=O)C1CCC1.CC(C)C(=O)C1CCCC1.CC(C)C(=O)C1CCCCC1.CC(C)C(=O)CC1CCCCC1. The highest BCUT2D eigenvalue weighted by molar-refractivity contribution is 5.97. The van der Waals surface area contributed by atoms with Crippen LogP contribution >= 0.6 is 0 Å². The number of Topliss-reactive ketones (excluding diaryl/α,β-unsaturated/α-hetero) is 7. The summed E-state index contributed by atoms with van der Waals surface area (Å²) in [5, 5.41) is 28.2. The van der Waals surface area contributed by atoms with E-state index < -0.39 is 12.2 Å². The quantitative estimate of drug-likeness (QED) is 0.143. The minimum atomic E-state index is -0.798. The zero-order valence-electron chi connectivity index (χ0n) is 51.3. The molecule has 0 aromatic carbocycles. The van der Waals surface area contributed by atoms with Crippen LogP contribution in [0.15, 0.2) is 11.6 Å². The van der Waals surface area contributed by atoms with Gasteiger partial charge in [-0.05, 0) is 88.5 Å². The molecule has 0 aromatic rings. The molecule has 0 bridgehead atoms. The summed E-state index contributed by atoms with van der Waals surface area (Å²) in [5.41, 5.74) is 0.658. The minimum absolute atomic E-state index is 0.0455. The molecule has 0 spiro atoms. The molecule has 7 aliphatic carbocycles. The Balaban J connectivity index is 0.000000446. The van der Waals surface area contributed by atoms with Crippen molar-refractivity contribution in [3.63, 3.8) is 0 Å². The molecule has 3 atom stereocenters. The first-order valence-corrected chi connectivity index (χ1v) is 31.1. The van der Waals surface area contributed by atoms with E-state index in [1.807, 2.05) is 96.9 Å². The molecule has 7 aliphatic rings. The molecule has 7 rings (SSSR count). The number of ketones is 7. The van der Waals surface area contributed by atoms with Crippen molar-refractivity contribution in [1.82, 2.24) is 0 Å². The molecule has 0 heterocycles. The topological polar surface area (TPSA) is 180 Å². The molecule has 6 fully saturated rings. The molecule has 10 nitrogen and oxygen atoms in total. The largest absolute Gasteiger partial charge is 0.393 e. The zero-order chi connectivity index (χ0) is 57.8. The van der Waals surface area contributed by atoms with Crippen molar-refractivity contribution >= 4 is 40.5 Å². The van der Waals surface area contributed by atoms with E-state index >= 15 is 0 Å². The van der Waals surface area contributed by atoms with E-state index in [1.165, 1.54) is 70.6 Å². The van der Waals surface area contributed by atoms with Crippen LogP contribution in [0.1, 0.15) is 264 Å². The van der Waals surface area contributed by atoms with Crippen LogP contribution in [-0.2, 0) is 33.6 Å². The summed E-state index contributed by atoms with van der Waals surface area (Å²) in [4.78, 5) is 79.4. The Kier molecular flexibility index (Phi) is 35.7. The fourth-order valence-electron chi connectivity index (χ4n) is 11.0. The molecule has 76 heavy (non-hydrogen) atoms. The second-order valence-corrected chi connectivity index (χ2v) is 26.2. The number of aliphatic hydroxyl groups excluding tert-OH is 3. The number of rotatable bonds is 15. The van der Waals surface area contributed by atoms with Gasteiger partial charge in [0.25, 0.3) is 0 Å². The second-order valence-electron chi connectivity index (χ2n) is 26.2. The maximum Gasteiger partial charge on any atom is 0.161 e. The summed E-state index contributed by atoms with van der Waals surface area (Å²) in [5.74, 6) is 6.72. The Morgan fingerprint density at radius 1 is 0.395 bits per heavy atom. The van der Waals surface area contributed by atoms with Gasteiger partial charge in [0.05, 0.1) is 18.3 Å². The molecule has 0 saturated heterocycles. The summed E-state index contributed by atoms with van der Waals surface area (Å²) in [6, 6.07) is 0. The van der Waals surface area contributed by atoms with E-state index in [2.05, 4.69) is 0 Å². The van der Waals surface area contributed by atoms with Gasteiger partial charge in [0.1, 0.15) is 34.7 Å². The Bertz CT molecular complexity index is 1710. The fourth-order valence-corrected chi connectivity index (χ4v) is 11.0. The number of hydrogen-bond donors (Lipinski definition) is 3. The van der Waals surface area contributed by atoms with Crippen LogP contribution in [0.25, 0.3) is 0 Å². The first-order valence-electron chi connectivity index (χ1n) is 31.1. The van der Waals surface area contributed by atoms with Gasteiger partial charge in [0.2, 0.25) is 0 Å². The lowest BCUT2D eigenvalue weighted by Gasteiger charge is -2.28. The van der Waals surface area contributed by atoms with Crippen LogP contribution in [0.5, 0.6) is 0 Å². The summed E-state index contributed by atoms with van der Waals surface area (Å²) < 4.78 is 0. The number of hydrogen-bond acceptors (Lipinski definition) is 10. The first-order chi connectivity index (χ1) is 35.6. The van der Waals surface area contributed by atoms with Crippen LogP contribution in [-0.4, -0.2) is 74.1 Å². The van der Waals surface area contributed by atoms with Crippen LogP contribution in [0.3, 0.4) is 0 Å². The summed E-state index contributed by atoms with van der Waals surface area (Å²) in [6.07, 6.45) is 28.1. The Morgan fingerprint density at radius 2 is 0.697 bits per heavy atom. The third-order valence-electron chi connectivity index (χ3n) is 16.7. The molecular formula is C66H116O10. The van der Waals surface area contributed by atoms with E-state index in [-0.39, 0.29) is 71.6 Å². The highest BCUT2D eigenvalue weighted by Gasteiger charge is 2.32. The molecule has 0 radical (unpaired) electrons. The Hall–Kier alpha value is -2.69. The molecule has 0 aromatic heterocycles. The van der Waals surface area contributed by atoms with Crippen molar-refractivity contribution < 1.29 is 48.9 Å². The molecule has 440 valence electrons. The van der Waals surface area contributed by atoms with Crippen molar-refractivity contribution in [1.29, 1.82) is 0 Å². The van der Waals surface area contributed by atoms with E-state index in [9.17, 15) is 48.9 Å². The monoisotopic (exact) mass is 1070 g/mol. The van der Waals surface area contributed by atoms with Crippen LogP contribution in [0, 0.1) is 82.9 Å². The normalized spacial score (nSPS) is 24.1. The predicted octanol–water partition coefficient (Wildman–Crippen LogP) is 14.7. The van der Waals surface area contributed by atoms with Crippen molar-refractivity contribution in [3.8, 4) is 0 Å². The van der Waals surface area contributed by atoms with Crippen molar-refractivity contribution in [3.05, 3.63) is 11.6 Å². The average Bonchev–Trinajstić information content (AvgIpc) is 4.08. The van der Waals surface area contributed by atoms with Gasteiger partial charge in [-0.2, -0.15) is 0 Å². The third-order valence-corrected chi connectivity index (χ3v) is 16.7. The summed E-state index contributed by atoms with van der Waals surface area (Å²) >= 11 is 0. The molecule has 0 amide bonds. The van der Waals surface area contributed by atoms with Gasteiger partial charge < -0.3 is 15.3 Å². The maximum atomic E-state index is 11.6. The van der Waals surface area contributed by atoms with Gasteiger partial charge in [-0.25, -0.2) is 0 Å². The number of carbonyl (C=O) groups is 7. The highest BCUT2D eigenvalue weighted by atomic mass is 16.3. The third kappa shape index (κ3) is 28.5. The molecule has 3 N–H and O–H groups in total. The van der Waals surface area contributed by atoms with Crippen molar-refractivity contribution in [2.24, 2.45) is 82.9 Å². The standard InChI is InChI=1S/C11H18O3.C11H20O.C10H18O2.C10H18O.C9H16O.C8H14O.C7H12O/c1-6(2)10(13)8-4-7(3)11(14)9(12)5-8;1-9(2)11(12)8-10-6-4-3-5-7-10;1-7(2)10(12)8-3-5-9(11)6-4-8;1-8(2)10(11)9-6-4-3-5-7-9;1-7(2)9(10)8-5-3-4-6-8;1-6(2)8(9)7-4-3-5-7;1-5(2)7(8)6-3-4-6/h4,6-7,9,11-12,14H,5H2,1-3H3;9-10H,3-8H2,1-2H3;7-9,11H,3-6H2,1-2H3;8-9H,3-7H2,1-2H3;7-8H,3-6H2,1-2H3;6-7H,3-5H2,1-2H3;5-6H,3-4H2,1-2H3. The van der Waals surface area contributed by atoms with E-state index in [0.717, 1.165) is 83.5 Å². The lowest BCUT2D eigenvalue weighted by molar-refractivity contribution is -0.128. The van der Waals surface area contributed by atoms with Crippen molar-refractivity contribution in [2.75, 3.05) is 0 Å². The molecule has 3 unspecified atom stereocenters. The molecule has 10 heteroatoms. The molecule has 0 aliphatic heterocycles. The lowest BCUT2D eigenvalue weighted by atomic mass is 9.79. The number of aliphatic hydroxyl groups is 3. The van der Waals surface area contributed by atoms with Crippen LogP contribution < -0.4 is 0 Å². The summed E-state index contributed by atoms with van der Waals surface area (Å²) in [7, 11) is 0. The van der Waals surface area contributed by atoms with Crippen LogP contribution in [0.2, 0.25) is 0 Å². The van der Waals surface area contributed by atoms with Gasteiger partial charge in [0, 0.05) is 89.8 Å². The Labute approximate surface area is 464 Å². The first kappa shape index (κ1) is 71.3. The van der Waals surface area contributed by atoms with Gasteiger partial charge >= 0.3 is 0 Å². The lowest BCUT2D eigenvalue weighted by Crippen LogP contribution is -2.36. The van der Waals surface area contributed by atoms with Gasteiger partial charge in [-0.3, -0.25) is 33.6 Å². The Morgan fingerprint density at radius 3 is 0.974 bits per heavy atom. The van der Waals surface area contributed by atoms with E-state index in [0.29, 0.717) is 69.9 Å². The van der Waals surface area contributed by atoms with E-state index in [4.69, 9.17) is 0 Å². The maximum absolute atomic E-state index is 11.6. The van der Waals surface area contributed by atoms with E-state index in [1.54, 1.807) is 13.0 Å². The summed E-state index contributed by atoms with van der Waals surface area (Å²) in [6.45, 7) is 29.3. The highest BCUT2D eigenvalue weighted by Crippen LogP contribution is 2.33. The minimum Gasteiger partial charge on any atom is -0.393 e. The molecule has 6 saturated carbocycles. The van der Waals surface area contributed by atoms with Gasteiger partial charge in [0.15, 0.2) is 5.78 Å².